The van der Waals surface area contributed by atoms with Gasteiger partial charge in [-0.3, -0.25) is 10.1 Å². The van der Waals surface area contributed by atoms with E-state index in [1.165, 1.54) is 6.07 Å². The maximum atomic E-state index is 11.8. The van der Waals surface area contributed by atoms with Crippen molar-refractivity contribution < 1.29 is 22.8 Å². The summed E-state index contributed by atoms with van der Waals surface area (Å²) in [5, 5.41) is 10.4. The number of ether oxygens (including phenoxy) is 1. The van der Waals surface area contributed by atoms with Gasteiger partial charge in [0.1, 0.15) is 5.75 Å². The van der Waals surface area contributed by atoms with Crippen molar-refractivity contribution in [1.82, 2.24) is 0 Å². The average molecular weight is 250 g/mol. The normalized spacial score (nSPS) is 11.2. The van der Waals surface area contributed by atoms with E-state index in [-0.39, 0.29) is 17.1 Å². The smallest absolute Gasteiger partial charge is 0.392 e. The molecule has 0 bridgehead atoms. The van der Waals surface area contributed by atoms with Gasteiger partial charge in [0, 0.05) is 12.1 Å². The number of nitro benzene ring substituents is 1. The lowest BCUT2D eigenvalue weighted by molar-refractivity contribution is -0.384. The summed E-state index contributed by atoms with van der Waals surface area (Å²) in [6.45, 7) is -0.578. The SMILES string of the molecule is Nc1cc([N+](=O)[O-])ccc1OCCC(F)(F)F. The summed E-state index contributed by atoms with van der Waals surface area (Å²) < 4.78 is 40.3. The minimum absolute atomic E-state index is 0.000139. The highest BCUT2D eigenvalue weighted by Gasteiger charge is 2.27. The monoisotopic (exact) mass is 250 g/mol. The lowest BCUT2D eigenvalue weighted by Gasteiger charge is -2.10. The van der Waals surface area contributed by atoms with Gasteiger partial charge in [-0.05, 0) is 6.07 Å². The van der Waals surface area contributed by atoms with Crippen LogP contribution < -0.4 is 10.5 Å². The number of non-ortho nitro benzene ring substituents is 1. The zero-order valence-electron chi connectivity index (χ0n) is 8.53. The Morgan fingerprint density at radius 2 is 2.06 bits per heavy atom. The number of nitro groups is 1. The molecule has 0 aliphatic rings. The van der Waals surface area contributed by atoms with Crippen LogP contribution in [0.15, 0.2) is 18.2 Å². The molecule has 1 rings (SSSR count). The van der Waals surface area contributed by atoms with E-state index in [4.69, 9.17) is 10.5 Å². The molecule has 0 atom stereocenters. The maximum absolute atomic E-state index is 11.8. The fraction of sp³-hybridized carbons (Fsp3) is 0.333. The van der Waals surface area contributed by atoms with Crippen LogP contribution in [0.25, 0.3) is 0 Å². The zero-order chi connectivity index (χ0) is 13.1. The summed E-state index contributed by atoms with van der Waals surface area (Å²) in [5.74, 6) is -0.000139. The summed E-state index contributed by atoms with van der Waals surface area (Å²) in [5.41, 5.74) is 5.09. The molecule has 0 unspecified atom stereocenters. The van der Waals surface area contributed by atoms with Crippen molar-refractivity contribution in [3.05, 3.63) is 28.3 Å². The van der Waals surface area contributed by atoms with Crippen LogP contribution in [0.3, 0.4) is 0 Å². The van der Waals surface area contributed by atoms with E-state index < -0.39 is 24.1 Å². The van der Waals surface area contributed by atoms with E-state index in [9.17, 15) is 23.3 Å². The molecule has 0 aliphatic heterocycles. The van der Waals surface area contributed by atoms with Crippen molar-refractivity contribution in [3.63, 3.8) is 0 Å². The number of benzene rings is 1. The van der Waals surface area contributed by atoms with Gasteiger partial charge in [-0.2, -0.15) is 13.2 Å². The predicted molar refractivity (Wildman–Crippen MR) is 53.7 cm³/mol. The van der Waals surface area contributed by atoms with Crippen LogP contribution in [-0.4, -0.2) is 17.7 Å². The summed E-state index contributed by atoms with van der Waals surface area (Å²) >= 11 is 0. The molecule has 94 valence electrons. The van der Waals surface area contributed by atoms with Crippen LogP contribution in [0.1, 0.15) is 6.42 Å². The highest BCUT2D eigenvalue weighted by molar-refractivity contribution is 5.58. The van der Waals surface area contributed by atoms with E-state index in [0.29, 0.717) is 0 Å². The summed E-state index contributed by atoms with van der Waals surface area (Å²) in [6, 6.07) is 3.31. The van der Waals surface area contributed by atoms with Crippen molar-refractivity contribution in [1.29, 1.82) is 0 Å². The van der Waals surface area contributed by atoms with E-state index in [2.05, 4.69) is 0 Å². The van der Waals surface area contributed by atoms with Crippen molar-refractivity contribution in [2.45, 2.75) is 12.6 Å². The summed E-state index contributed by atoms with van der Waals surface area (Å²) in [7, 11) is 0. The second-order valence-corrected chi connectivity index (χ2v) is 3.19. The molecular weight excluding hydrogens is 241 g/mol. The molecule has 2 N–H and O–H groups in total. The zero-order valence-corrected chi connectivity index (χ0v) is 8.53. The molecule has 0 radical (unpaired) electrons. The topological polar surface area (TPSA) is 78.4 Å². The Bertz CT molecular complexity index is 420. The molecule has 0 fully saturated rings. The fourth-order valence-electron chi connectivity index (χ4n) is 1.06. The lowest BCUT2D eigenvalue weighted by atomic mass is 10.2. The lowest BCUT2D eigenvalue weighted by Crippen LogP contribution is -2.13. The molecule has 0 spiro atoms. The Morgan fingerprint density at radius 1 is 1.41 bits per heavy atom. The first-order valence-corrected chi connectivity index (χ1v) is 4.53. The van der Waals surface area contributed by atoms with Crippen LogP contribution in [0, 0.1) is 10.1 Å². The molecule has 1 aromatic rings. The van der Waals surface area contributed by atoms with Gasteiger partial charge in [0.05, 0.1) is 23.6 Å². The van der Waals surface area contributed by atoms with Crippen molar-refractivity contribution in [3.8, 4) is 5.75 Å². The Balaban J connectivity index is 2.64. The van der Waals surface area contributed by atoms with Crippen LogP contribution in [0.4, 0.5) is 24.5 Å². The second kappa shape index (κ2) is 4.89. The Labute approximate surface area is 94.1 Å². The van der Waals surface area contributed by atoms with Crippen LogP contribution in [0.2, 0.25) is 0 Å². The standard InChI is InChI=1S/C9H9F3N2O3/c10-9(11,12)3-4-17-8-2-1-6(14(15)16)5-7(8)13/h1-2,5H,3-4,13H2. The third-order valence-corrected chi connectivity index (χ3v) is 1.85. The molecular formula is C9H9F3N2O3. The number of rotatable bonds is 4. The second-order valence-electron chi connectivity index (χ2n) is 3.19. The molecule has 5 nitrogen and oxygen atoms in total. The first-order valence-electron chi connectivity index (χ1n) is 4.53. The first kappa shape index (κ1) is 13.1. The highest BCUT2D eigenvalue weighted by atomic mass is 19.4. The van der Waals surface area contributed by atoms with Gasteiger partial charge in [-0.25, -0.2) is 0 Å². The minimum Gasteiger partial charge on any atom is -0.491 e. The van der Waals surface area contributed by atoms with Crippen molar-refractivity contribution in [2.75, 3.05) is 12.3 Å². The number of hydrogen-bond acceptors (Lipinski definition) is 4. The number of nitrogens with zero attached hydrogens (tertiary/aromatic N) is 1. The molecule has 0 saturated carbocycles. The largest absolute Gasteiger partial charge is 0.491 e. The highest BCUT2D eigenvalue weighted by Crippen LogP contribution is 2.27. The summed E-state index contributed by atoms with van der Waals surface area (Å²) in [4.78, 5) is 9.71. The van der Waals surface area contributed by atoms with E-state index in [0.717, 1.165) is 12.1 Å². The van der Waals surface area contributed by atoms with Gasteiger partial charge in [0.15, 0.2) is 0 Å². The van der Waals surface area contributed by atoms with E-state index >= 15 is 0 Å². The number of nitrogen functional groups attached to an aromatic ring is 1. The van der Waals surface area contributed by atoms with Gasteiger partial charge >= 0.3 is 6.18 Å². The Hall–Kier alpha value is -1.99. The van der Waals surface area contributed by atoms with E-state index in [1.54, 1.807) is 0 Å². The molecule has 17 heavy (non-hydrogen) atoms. The Morgan fingerprint density at radius 3 is 2.53 bits per heavy atom. The van der Waals surface area contributed by atoms with Gasteiger partial charge in [0.25, 0.3) is 5.69 Å². The third-order valence-electron chi connectivity index (χ3n) is 1.85. The van der Waals surface area contributed by atoms with Crippen LogP contribution in [0.5, 0.6) is 5.75 Å². The van der Waals surface area contributed by atoms with E-state index in [1.807, 2.05) is 0 Å². The number of hydrogen-bond donors (Lipinski definition) is 1. The summed E-state index contributed by atoms with van der Waals surface area (Å²) in [6.07, 6.45) is -5.42. The number of alkyl halides is 3. The van der Waals surface area contributed by atoms with Crippen molar-refractivity contribution in [2.24, 2.45) is 0 Å². The molecule has 8 heteroatoms. The molecule has 0 heterocycles. The van der Waals surface area contributed by atoms with Gasteiger partial charge in [-0.1, -0.05) is 0 Å². The maximum Gasteiger partial charge on any atom is 0.392 e. The molecule has 1 aromatic carbocycles. The molecule has 0 aliphatic carbocycles. The number of anilines is 1. The number of halogens is 3. The molecule has 0 saturated heterocycles. The van der Waals surface area contributed by atoms with Crippen molar-refractivity contribution >= 4 is 11.4 Å². The van der Waals surface area contributed by atoms with Crippen LogP contribution >= 0.6 is 0 Å². The first-order chi connectivity index (χ1) is 7.79. The van der Waals surface area contributed by atoms with Gasteiger partial charge in [-0.15, -0.1) is 0 Å². The predicted octanol–water partition coefficient (Wildman–Crippen LogP) is 2.51. The Kier molecular flexibility index (Phi) is 3.77. The van der Waals surface area contributed by atoms with Gasteiger partial charge in [0.2, 0.25) is 0 Å². The fourth-order valence-corrected chi connectivity index (χ4v) is 1.06. The molecule has 0 amide bonds. The number of nitrogens with two attached hydrogens (primary N) is 1. The quantitative estimate of drug-likeness (QED) is 0.506. The third kappa shape index (κ3) is 4.17. The minimum atomic E-state index is -4.31. The molecule has 0 aromatic heterocycles. The average Bonchev–Trinajstić information content (AvgIpc) is 2.18. The van der Waals surface area contributed by atoms with Crippen LogP contribution in [-0.2, 0) is 0 Å². The van der Waals surface area contributed by atoms with Gasteiger partial charge < -0.3 is 10.5 Å².